The van der Waals surface area contributed by atoms with E-state index in [1.807, 2.05) is 6.92 Å². The van der Waals surface area contributed by atoms with Crippen LogP contribution >= 0.6 is 0 Å². The second-order valence-corrected chi connectivity index (χ2v) is 6.86. The van der Waals surface area contributed by atoms with Crippen molar-refractivity contribution in [3.05, 3.63) is 29.8 Å². The number of sulfone groups is 1. The molecule has 0 saturated carbocycles. The molecule has 6 heteroatoms. The van der Waals surface area contributed by atoms with Crippen LogP contribution in [0.2, 0.25) is 0 Å². The highest BCUT2D eigenvalue weighted by Gasteiger charge is 2.29. The van der Waals surface area contributed by atoms with E-state index in [9.17, 15) is 13.2 Å². The van der Waals surface area contributed by atoms with Crippen LogP contribution in [-0.2, 0) is 19.4 Å². The predicted octanol–water partition coefficient (Wildman–Crippen LogP) is 1.75. The van der Waals surface area contributed by atoms with Gasteiger partial charge in [-0.2, -0.15) is 0 Å². The van der Waals surface area contributed by atoms with E-state index in [1.54, 1.807) is 29.2 Å². The van der Waals surface area contributed by atoms with Crippen LogP contribution in [0.15, 0.2) is 29.2 Å². The van der Waals surface area contributed by atoms with Crippen molar-refractivity contribution in [1.82, 2.24) is 4.90 Å². The molecule has 1 amide bonds. The number of nitrogens with zero attached hydrogens (tertiary/aromatic N) is 1. The summed E-state index contributed by atoms with van der Waals surface area (Å²) in [6, 6.07) is 6.53. The predicted molar refractivity (Wildman–Crippen MR) is 74.9 cm³/mol. The van der Waals surface area contributed by atoms with Gasteiger partial charge in [0, 0.05) is 31.4 Å². The summed E-state index contributed by atoms with van der Waals surface area (Å²) in [5, 5.41) is 0. The molecule has 5 nitrogen and oxygen atoms in total. The van der Waals surface area contributed by atoms with Crippen LogP contribution in [0.4, 0.5) is 0 Å². The molecule has 1 aliphatic rings. The zero-order valence-electron chi connectivity index (χ0n) is 11.7. The van der Waals surface area contributed by atoms with E-state index < -0.39 is 16.1 Å². The summed E-state index contributed by atoms with van der Waals surface area (Å²) < 4.78 is 28.6. The van der Waals surface area contributed by atoms with Crippen LogP contribution in [0.5, 0.6) is 0 Å². The van der Waals surface area contributed by atoms with Gasteiger partial charge in [-0.25, -0.2) is 8.42 Å². The van der Waals surface area contributed by atoms with Gasteiger partial charge in [-0.1, -0.05) is 12.1 Å². The number of hydrogen-bond acceptors (Lipinski definition) is 4. The normalized spacial score (nSPS) is 17.5. The van der Waals surface area contributed by atoms with Gasteiger partial charge >= 0.3 is 0 Å². The Morgan fingerprint density at radius 2 is 1.95 bits per heavy atom. The molecule has 1 heterocycles. The maximum Gasteiger partial charge on any atom is 0.224 e. The van der Waals surface area contributed by atoms with Crippen molar-refractivity contribution in [2.24, 2.45) is 0 Å². The minimum absolute atomic E-state index is 0.0793. The lowest BCUT2D eigenvalue weighted by molar-refractivity contribution is -0.141. The fourth-order valence-electron chi connectivity index (χ4n) is 2.32. The van der Waals surface area contributed by atoms with E-state index in [1.165, 1.54) is 6.26 Å². The Balaban J connectivity index is 2.28. The van der Waals surface area contributed by atoms with Gasteiger partial charge in [0.2, 0.25) is 5.91 Å². The highest BCUT2D eigenvalue weighted by atomic mass is 32.2. The first-order valence-electron chi connectivity index (χ1n) is 6.64. The summed E-state index contributed by atoms with van der Waals surface area (Å²) in [7, 11) is -3.21. The van der Waals surface area contributed by atoms with Gasteiger partial charge in [-0.3, -0.25) is 4.79 Å². The third-order valence-electron chi connectivity index (χ3n) is 3.31. The second kappa shape index (κ2) is 5.93. The highest BCUT2D eigenvalue weighted by Crippen LogP contribution is 2.27. The fourth-order valence-corrected chi connectivity index (χ4v) is 2.95. The van der Waals surface area contributed by atoms with Crippen molar-refractivity contribution in [3.63, 3.8) is 0 Å². The summed E-state index contributed by atoms with van der Waals surface area (Å²) in [6.07, 6.45) is 2.13. The van der Waals surface area contributed by atoms with Gasteiger partial charge in [0.25, 0.3) is 0 Å². The van der Waals surface area contributed by atoms with Crippen LogP contribution in [0.25, 0.3) is 0 Å². The molecule has 1 aromatic carbocycles. The van der Waals surface area contributed by atoms with E-state index in [4.69, 9.17) is 4.74 Å². The fraction of sp³-hybridized carbons (Fsp3) is 0.500. The Hall–Kier alpha value is -1.40. The lowest BCUT2D eigenvalue weighted by Crippen LogP contribution is -2.31. The number of carbonyl (C=O) groups is 1. The summed E-state index contributed by atoms with van der Waals surface area (Å²) in [4.78, 5) is 13.8. The molecular formula is C14H19NO4S. The number of hydrogen-bond donors (Lipinski definition) is 0. The molecule has 1 saturated heterocycles. The molecule has 0 aromatic heterocycles. The number of amides is 1. The van der Waals surface area contributed by atoms with Crippen molar-refractivity contribution in [3.8, 4) is 0 Å². The Labute approximate surface area is 119 Å². The van der Waals surface area contributed by atoms with Crippen LogP contribution in [0.1, 0.15) is 31.6 Å². The SMILES string of the molecule is CCOC(c1ccc(S(C)(=O)=O)cc1)N1CCCC1=O. The molecule has 0 bridgehead atoms. The quantitative estimate of drug-likeness (QED) is 0.830. The molecule has 20 heavy (non-hydrogen) atoms. The number of likely N-dealkylation sites (tertiary alicyclic amines) is 1. The average molecular weight is 297 g/mol. The van der Waals surface area contributed by atoms with Crippen molar-refractivity contribution < 1.29 is 17.9 Å². The van der Waals surface area contributed by atoms with Gasteiger partial charge in [-0.15, -0.1) is 0 Å². The van der Waals surface area contributed by atoms with Crippen molar-refractivity contribution in [2.45, 2.75) is 30.9 Å². The molecule has 0 N–H and O–H groups in total. The maximum atomic E-state index is 11.8. The van der Waals surface area contributed by atoms with Crippen LogP contribution in [0.3, 0.4) is 0 Å². The minimum Gasteiger partial charge on any atom is -0.354 e. The standard InChI is InChI=1S/C14H19NO4S/c1-3-19-14(15-10-4-5-13(15)16)11-6-8-12(9-7-11)20(2,17)18/h6-9,14H,3-5,10H2,1-2H3. The van der Waals surface area contributed by atoms with Crippen molar-refractivity contribution >= 4 is 15.7 Å². The largest absolute Gasteiger partial charge is 0.354 e. The zero-order valence-corrected chi connectivity index (χ0v) is 12.5. The first kappa shape index (κ1) is 15.0. The maximum absolute atomic E-state index is 11.8. The Kier molecular flexibility index (Phi) is 4.45. The molecule has 110 valence electrons. The molecule has 0 radical (unpaired) electrons. The topological polar surface area (TPSA) is 63.7 Å². The molecule has 1 aromatic rings. The number of benzene rings is 1. The second-order valence-electron chi connectivity index (χ2n) is 4.84. The zero-order chi connectivity index (χ0) is 14.8. The smallest absolute Gasteiger partial charge is 0.224 e. The van der Waals surface area contributed by atoms with Crippen molar-refractivity contribution in [1.29, 1.82) is 0 Å². The highest BCUT2D eigenvalue weighted by molar-refractivity contribution is 7.90. The van der Waals surface area contributed by atoms with E-state index in [0.717, 1.165) is 12.0 Å². The molecule has 1 atom stereocenters. The van der Waals surface area contributed by atoms with Crippen LogP contribution in [0, 0.1) is 0 Å². The van der Waals surface area contributed by atoms with E-state index in [-0.39, 0.29) is 10.8 Å². The molecule has 1 unspecified atom stereocenters. The Morgan fingerprint density at radius 3 is 2.40 bits per heavy atom. The monoisotopic (exact) mass is 297 g/mol. The first-order chi connectivity index (χ1) is 9.43. The van der Waals surface area contributed by atoms with Crippen LogP contribution in [-0.4, -0.2) is 38.6 Å². The molecule has 1 aliphatic heterocycles. The molecule has 2 rings (SSSR count). The molecule has 0 spiro atoms. The van der Waals surface area contributed by atoms with E-state index in [0.29, 0.717) is 19.6 Å². The van der Waals surface area contributed by atoms with Gasteiger partial charge in [0.05, 0.1) is 4.90 Å². The van der Waals surface area contributed by atoms with Gasteiger partial charge in [0.1, 0.15) is 0 Å². The van der Waals surface area contributed by atoms with Gasteiger partial charge in [0.15, 0.2) is 16.1 Å². The molecule has 1 fully saturated rings. The number of ether oxygens (including phenoxy) is 1. The lowest BCUT2D eigenvalue weighted by atomic mass is 10.2. The summed E-state index contributed by atoms with van der Waals surface area (Å²) >= 11 is 0. The van der Waals surface area contributed by atoms with Crippen LogP contribution < -0.4 is 0 Å². The number of rotatable bonds is 5. The molecular weight excluding hydrogens is 278 g/mol. The summed E-state index contributed by atoms with van der Waals surface area (Å²) in [6.45, 7) is 3.04. The Morgan fingerprint density at radius 1 is 1.30 bits per heavy atom. The average Bonchev–Trinajstić information content (AvgIpc) is 2.81. The third-order valence-corrected chi connectivity index (χ3v) is 4.44. The Bertz CT molecular complexity index is 580. The summed E-state index contributed by atoms with van der Waals surface area (Å²) in [5.41, 5.74) is 0.800. The minimum atomic E-state index is -3.21. The van der Waals surface area contributed by atoms with Crippen molar-refractivity contribution in [2.75, 3.05) is 19.4 Å². The molecule has 0 aliphatic carbocycles. The van der Waals surface area contributed by atoms with E-state index in [2.05, 4.69) is 0 Å². The number of carbonyl (C=O) groups excluding carboxylic acids is 1. The lowest BCUT2D eigenvalue weighted by Gasteiger charge is -2.27. The van der Waals surface area contributed by atoms with Gasteiger partial charge in [-0.05, 0) is 25.5 Å². The summed E-state index contributed by atoms with van der Waals surface area (Å²) in [5.74, 6) is 0.0793. The van der Waals surface area contributed by atoms with E-state index >= 15 is 0 Å². The van der Waals surface area contributed by atoms with Gasteiger partial charge < -0.3 is 9.64 Å². The first-order valence-corrected chi connectivity index (χ1v) is 8.53. The third kappa shape index (κ3) is 3.19.